The minimum absolute atomic E-state index is 1.15. The Balaban J connectivity index is 2.47. The molecule has 16 heavy (non-hydrogen) atoms. The number of unbranched alkanes of at least 4 members (excludes halogenated alkanes) is 3. The summed E-state index contributed by atoms with van der Waals surface area (Å²) in [6, 6.07) is 0. The van der Waals surface area contributed by atoms with Gasteiger partial charge in [0.1, 0.15) is 0 Å². The molecule has 0 saturated heterocycles. The van der Waals surface area contributed by atoms with E-state index in [1.165, 1.54) is 55.2 Å². The van der Waals surface area contributed by atoms with E-state index in [-0.39, 0.29) is 0 Å². The molecule has 1 rings (SSSR count). The summed E-state index contributed by atoms with van der Waals surface area (Å²) in [4.78, 5) is 0. The Kier molecular flexibility index (Phi) is 5.96. The van der Waals surface area contributed by atoms with Crippen molar-refractivity contribution in [2.75, 3.05) is 0 Å². The van der Waals surface area contributed by atoms with Crippen LogP contribution in [0.1, 0.15) is 58.8 Å². The lowest BCUT2D eigenvalue weighted by Gasteiger charge is -2.14. The van der Waals surface area contributed by atoms with Crippen molar-refractivity contribution >= 4 is 0 Å². The van der Waals surface area contributed by atoms with Crippen molar-refractivity contribution in [3.63, 3.8) is 0 Å². The van der Waals surface area contributed by atoms with Crippen molar-refractivity contribution in [1.29, 1.82) is 0 Å². The average molecular weight is 216 g/mol. The number of hydrogen-bond donors (Lipinski definition) is 0. The lowest BCUT2D eigenvalue weighted by atomic mass is 9.91. The van der Waals surface area contributed by atoms with Crippen LogP contribution in [-0.2, 0) is 0 Å². The van der Waals surface area contributed by atoms with Crippen LogP contribution in [0.5, 0.6) is 0 Å². The Morgan fingerprint density at radius 3 is 2.62 bits per heavy atom. The molecule has 0 N–H and O–H groups in total. The van der Waals surface area contributed by atoms with Crippen molar-refractivity contribution in [3.8, 4) is 0 Å². The first-order chi connectivity index (χ1) is 7.77. The molecule has 0 aromatic rings. The van der Waals surface area contributed by atoms with Crippen LogP contribution < -0.4 is 0 Å². The summed E-state index contributed by atoms with van der Waals surface area (Å²) in [7, 11) is 0. The number of rotatable bonds is 6. The van der Waals surface area contributed by atoms with Crippen LogP contribution in [-0.4, -0.2) is 0 Å². The van der Waals surface area contributed by atoms with Crippen molar-refractivity contribution < 1.29 is 0 Å². The van der Waals surface area contributed by atoms with Gasteiger partial charge in [0.15, 0.2) is 0 Å². The fourth-order valence-corrected chi connectivity index (χ4v) is 2.08. The van der Waals surface area contributed by atoms with Gasteiger partial charge in [-0.15, -0.1) is 5.73 Å². The highest BCUT2D eigenvalue weighted by molar-refractivity contribution is 5.36. The standard InChI is InChI=1S/C16H24/c1-4-6-7-8-9-15(5-2)16-12-10-14(3)11-13-16/h10,12H,2,4,6-9,11,13H2,1,3H3. The predicted molar refractivity (Wildman–Crippen MR) is 72.5 cm³/mol. The number of hydrogen-bond acceptors (Lipinski definition) is 0. The third-order valence-electron chi connectivity index (χ3n) is 3.24. The molecule has 0 saturated carbocycles. The number of allylic oxidation sites excluding steroid dienone is 5. The van der Waals surface area contributed by atoms with Gasteiger partial charge in [-0.25, -0.2) is 0 Å². The molecule has 0 spiro atoms. The predicted octanol–water partition coefficient (Wildman–Crippen LogP) is 5.33. The Morgan fingerprint density at radius 2 is 2.06 bits per heavy atom. The second-order valence-electron chi connectivity index (χ2n) is 4.67. The van der Waals surface area contributed by atoms with E-state index in [2.05, 4.69) is 38.3 Å². The summed E-state index contributed by atoms with van der Waals surface area (Å²) in [5.41, 5.74) is 7.42. The van der Waals surface area contributed by atoms with Crippen molar-refractivity contribution in [3.05, 3.63) is 41.2 Å². The second kappa shape index (κ2) is 7.30. The van der Waals surface area contributed by atoms with E-state index in [1.54, 1.807) is 0 Å². The van der Waals surface area contributed by atoms with Gasteiger partial charge >= 0.3 is 0 Å². The van der Waals surface area contributed by atoms with Gasteiger partial charge in [-0.2, -0.15) is 0 Å². The minimum Gasteiger partial charge on any atom is -0.125 e. The van der Waals surface area contributed by atoms with Gasteiger partial charge in [0.05, 0.1) is 0 Å². The smallest absolute Gasteiger partial charge is 0.00345 e. The van der Waals surface area contributed by atoms with Crippen LogP contribution in [0.3, 0.4) is 0 Å². The summed E-state index contributed by atoms with van der Waals surface area (Å²) in [5, 5.41) is 0. The molecule has 0 aromatic carbocycles. The maximum atomic E-state index is 3.83. The molecule has 1 aliphatic carbocycles. The maximum absolute atomic E-state index is 3.83. The van der Waals surface area contributed by atoms with Gasteiger partial charge in [-0.05, 0) is 43.8 Å². The zero-order valence-corrected chi connectivity index (χ0v) is 10.8. The molecule has 0 fully saturated rings. The molecule has 0 bridgehead atoms. The first kappa shape index (κ1) is 13.1. The lowest BCUT2D eigenvalue weighted by Crippen LogP contribution is -1.95. The largest absolute Gasteiger partial charge is 0.125 e. The normalized spacial score (nSPS) is 15.1. The van der Waals surface area contributed by atoms with Gasteiger partial charge < -0.3 is 0 Å². The van der Waals surface area contributed by atoms with Gasteiger partial charge in [0.2, 0.25) is 0 Å². The van der Waals surface area contributed by atoms with Crippen molar-refractivity contribution in [2.24, 2.45) is 0 Å². The van der Waals surface area contributed by atoms with Gasteiger partial charge in [-0.3, -0.25) is 0 Å². The van der Waals surface area contributed by atoms with Crippen LogP contribution in [0.25, 0.3) is 0 Å². The summed E-state index contributed by atoms with van der Waals surface area (Å²) in [6.07, 6.45) is 13.3. The van der Waals surface area contributed by atoms with E-state index in [4.69, 9.17) is 0 Å². The first-order valence-electron chi connectivity index (χ1n) is 6.53. The minimum atomic E-state index is 1.15. The van der Waals surface area contributed by atoms with Gasteiger partial charge in [0.25, 0.3) is 0 Å². The summed E-state index contributed by atoms with van der Waals surface area (Å²) in [6.45, 7) is 8.28. The molecule has 1 aliphatic rings. The molecule has 0 atom stereocenters. The summed E-state index contributed by atoms with van der Waals surface area (Å²) >= 11 is 0. The van der Waals surface area contributed by atoms with E-state index < -0.39 is 0 Å². The molecule has 0 unspecified atom stereocenters. The molecule has 0 heteroatoms. The maximum Gasteiger partial charge on any atom is -0.00345 e. The summed E-state index contributed by atoms with van der Waals surface area (Å²) < 4.78 is 0. The molecular formula is C16H24. The monoisotopic (exact) mass is 216 g/mol. The van der Waals surface area contributed by atoms with E-state index in [1.807, 2.05) is 0 Å². The van der Waals surface area contributed by atoms with Gasteiger partial charge in [0, 0.05) is 0 Å². The molecule has 0 heterocycles. The van der Waals surface area contributed by atoms with Crippen molar-refractivity contribution in [2.45, 2.75) is 58.8 Å². The highest BCUT2D eigenvalue weighted by atomic mass is 14.1. The van der Waals surface area contributed by atoms with Crippen LogP contribution in [0.15, 0.2) is 41.2 Å². The highest BCUT2D eigenvalue weighted by Gasteiger charge is 2.07. The Bertz CT molecular complexity index is 322. The van der Waals surface area contributed by atoms with E-state index in [0.717, 1.165) is 6.42 Å². The van der Waals surface area contributed by atoms with E-state index in [0.29, 0.717) is 0 Å². The van der Waals surface area contributed by atoms with Crippen LogP contribution in [0, 0.1) is 0 Å². The topological polar surface area (TPSA) is 0 Å². The Labute approximate surface area is 100 Å². The van der Waals surface area contributed by atoms with Crippen LogP contribution >= 0.6 is 0 Å². The molecule has 0 aliphatic heterocycles. The molecular weight excluding hydrogens is 192 g/mol. The first-order valence-corrected chi connectivity index (χ1v) is 6.53. The summed E-state index contributed by atoms with van der Waals surface area (Å²) in [5.74, 6) is 0. The van der Waals surface area contributed by atoms with Crippen LogP contribution in [0.4, 0.5) is 0 Å². The van der Waals surface area contributed by atoms with E-state index >= 15 is 0 Å². The molecule has 0 radical (unpaired) electrons. The van der Waals surface area contributed by atoms with Crippen molar-refractivity contribution in [1.82, 2.24) is 0 Å². The zero-order chi connectivity index (χ0) is 11.8. The van der Waals surface area contributed by atoms with E-state index in [9.17, 15) is 0 Å². The Morgan fingerprint density at radius 1 is 1.25 bits per heavy atom. The molecule has 0 aromatic heterocycles. The highest BCUT2D eigenvalue weighted by Crippen LogP contribution is 2.26. The fourth-order valence-electron chi connectivity index (χ4n) is 2.08. The fraction of sp³-hybridized carbons (Fsp3) is 0.562. The SMILES string of the molecule is C=C=C(CCCCCC)C1=CC=C(C)CC1. The third kappa shape index (κ3) is 4.24. The second-order valence-corrected chi connectivity index (χ2v) is 4.67. The lowest BCUT2D eigenvalue weighted by molar-refractivity contribution is 0.663. The zero-order valence-electron chi connectivity index (χ0n) is 10.8. The Hall–Kier alpha value is -1.00. The molecule has 88 valence electrons. The third-order valence-corrected chi connectivity index (χ3v) is 3.24. The quantitative estimate of drug-likeness (QED) is 0.415. The van der Waals surface area contributed by atoms with Gasteiger partial charge in [-0.1, -0.05) is 50.5 Å². The average Bonchev–Trinajstić information content (AvgIpc) is 2.31. The molecule has 0 amide bonds. The van der Waals surface area contributed by atoms with Crippen LogP contribution in [0.2, 0.25) is 0 Å². The molecule has 0 nitrogen and oxygen atoms in total.